The molecule has 1 aromatic carbocycles. The van der Waals surface area contributed by atoms with Gasteiger partial charge in [-0.1, -0.05) is 39.3 Å². The van der Waals surface area contributed by atoms with E-state index in [1.165, 1.54) is 13.1 Å². The molecule has 102 valence electrons. The van der Waals surface area contributed by atoms with Crippen molar-refractivity contribution in [2.24, 2.45) is 0 Å². The molecule has 0 unspecified atom stereocenters. The van der Waals surface area contributed by atoms with Crippen molar-refractivity contribution in [2.75, 3.05) is 7.05 Å². The van der Waals surface area contributed by atoms with Crippen LogP contribution < -0.4 is 0 Å². The Morgan fingerprint density at radius 3 is 2.06 bits per heavy atom. The molecule has 0 N–H and O–H groups in total. The minimum Gasteiger partial charge on any atom is -0.268 e. The average molecular weight is 271 g/mol. The molecule has 0 bridgehead atoms. The number of hydrogen-bond acceptors (Lipinski definition) is 3. The van der Waals surface area contributed by atoms with Crippen molar-refractivity contribution in [1.82, 2.24) is 4.31 Å². The first-order valence-corrected chi connectivity index (χ1v) is 7.52. The summed E-state index contributed by atoms with van der Waals surface area (Å²) in [5.74, 6) is -0.455. The molecule has 0 saturated carbocycles. The molecule has 18 heavy (non-hydrogen) atoms. The van der Waals surface area contributed by atoms with Crippen molar-refractivity contribution in [3.05, 3.63) is 29.3 Å². The van der Waals surface area contributed by atoms with Crippen LogP contribution in [0.5, 0.6) is 0 Å². The molecule has 4 nitrogen and oxygen atoms in total. The Balaban J connectivity index is 0.000000659. The van der Waals surface area contributed by atoms with Gasteiger partial charge in [-0.05, 0) is 19.1 Å². The first-order valence-electron chi connectivity index (χ1n) is 6.08. The maximum Gasteiger partial charge on any atom is 0.268 e. The van der Waals surface area contributed by atoms with E-state index in [0.717, 1.165) is 9.87 Å². The summed E-state index contributed by atoms with van der Waals surface area (Å²) in [6.45, 7) is 9.82. The van der Waals surface area contributed by atoms with Gasteiger partial charge in [0.1, 0.15) is 4.90 Å². The summed E-state index contributed by atoms with van der Waals surface area (Å²) in [4.78, 5) is 11.6. The van der Waals surface area contributed by atoms with E-state index in [1.54, 1.807) is 12.1 Å². The van der Waals surface area contributed by atoms with Gasteiger partial charge in [-0.3, -0.25) is 4.79 Å². The number of nitrogens with zero attached hydrogens (tertiary/aromatic N) is 1. The van der Waals surface area contributed by atoms with Gasteiger partial charge in [0, 0.05) is 7.05 Å². The number of hydrogen-bond donors (Lipinski definition) is 0. The molecule has 0 radical (unpaired) electrons. The standard InChI is InChI=1S/C9H9NO3S.2C2H6/c1-6-3-4-8-7(5-6)9(11)10(2)14(8,12)13;2*1-2/h3-5H,1-2H3;2*1-2H3. The van der Waals surface area contributed by atoms with E-state index in [0.29, 0.717) is 0 Å². The Labute approximate surface area is 110 Å². The molecule has 1 aromatic rings. The maximum absolute atomic E-state index is 11.6. The van der Waals surface area contributed by atoms with Crippen LogP contribution in [0.3, 0.4) is 0 Å². The van der Waals surface area contributed by atoms with Crippen LogP contribution >= 0.6 is 0 Å². The molecule has 0 atom stereocenters. The Morgan fingerprint density at radius 2 is 1.56 bits per heavy atom. The van der Waals surface area contributed by atoms with Crippen LogP contribution in [0.25, 0.3) is 0 Å². The minimum absolute atomic E-state index is 0.107. The zero-order valence-corrected chi connectivity index (χ0v) is 12.6. The quantitative estimate of drug-likeness (QED) is 0.729. The maximum atomic E-state index is 11.6. The molecule has 5 heteroatoms. The molecule has 0 saturated heterocycles. The molecule has 1 aliphatic rings. The number of fused-ring (bicyclic) bond motifs is 1. The fraction of sp³-hybridized carbons (Fsp3) is 0.462. The van der Waals surface area contributed by atoms with Crippen molar-refractivity contribution in [2.45, 2.75) is 39.5 Å². The summed E-state index contributed by atoms with van der Waals surface area (Å²) in [5, 5.41) is 0. The van der Waals surface area contributed by atoms with Gasteiger partial charge >= 0.3 is 0 Å². The van der Waals surface area contributed by atoms with Crippen molar-refractivity contribution in [3.8, 4) is 0 Å². The van der Waals surface area contributed by atoms with E-state index < -0.39 is 15.9 Å². The summed E-state index contributed by atoms with van der Waals surface area (Å²) >= 11 is 0. The van der Waals surface area contributed by atoms with Gasteiger partial charge in [-0.15, -0.1) is 0 Å². The topological polar surface area (TPSA) is 54.5 Å². The predicted molar refractivity (Wildman–Crippen MR) is 73.2 cm³/mol. The van der Waals surface area contributed by atoms with E-state index in [1.807, 2.05) is 34.6 Å². The summed E-state index contributed by atoms with van der Waals surface area (Å²) in [6, 6.07) is 4.75. The van der Waals surface area contributed by atoms with Crippen molar-refractivity contribution in [3.63, 3.8) is 0 Å². The smallest absolute Gasteiger partial charge is 0.268 e. The SMILES string of the molecule is CC.CC.Cc1ccc2c(c1)C(=O)N(C)S2(=O)=O. The van der Waals surface area contributed by atoms with Crippen molar-refractivity contribution in [1.29, 1.82) is 0 Å². The third-order valence-corrected chi connectivity index (χ3v) is 4.09. The number of sulfonamides is 1. The summed E-state index contributed by atoms with van der Waals surface area (Å²) in [6.07, 6.45) is 0. The lowest BCUT2D eigenvalue weighted by molar-refractivity contribution is 0.0891. The van der Waals surface area contributed by atoms with Crippen LogP contribution in [0.1, 0.15) is 43.6 Å². The lowest BCUT2D eigenvalue weighted by Gasteiger charge is -2.05. The fourth-order valence-corrected chi connectivity index (χ4v) is 2.74. The molecule has 0 spiro atoms. The van der Waals surface area contributed by atoms with Gasteiger partial charge in [-0.2, -0.15) is 0 Å². The molecular formula is C13H21NO3S. The third kappa shape index (κ3) is 2.72. The van der Waals surface area contributed by atoms with Crippen LogP contribution in [-0.4, -0.2) is 25.7 Å². The van der Waals surface area contributed by atoms with Crippen LogP contribution in [-0.2, 0) is 10.0 Å². The third-order valence-electron chi connectivity index (χ3n) is 2.29. The van der Waals surface area contributed by atoms with Crippen LogP contribution in [0, 0.1) is 6.92 Å². The molecule has 0 aliphatic carbocycles. The van der Waals surface area contributed by atoms with E-state index in [-0.39, 0.29) is 10.5 Å². The van der Waals surface area contributed by atoms with Crippen LogP contribution in [0.2, 0.25) is 0 Å². The van der Waals surface area contributed by atoms with Crippen molar-refractivity contribution < 1.29 is 13.2 Å². The van der Waals surface area contributed by atoms with E-state index >= 15 is 0 Å². The minimum atomic E-state index is -3.57. The van der Waals surface area contributed by atoms with Gasteiger partial charge in [0.05, 0.1) is 5.56 Å². The van der Waals surface area contributed by atoms with Gasteiger partial charge in [0.25, 0.3) is 15.9 Å². The van der Waals surface area contributed by atoms with Crippen LogP contribution in [0.4, 0.5) is 0 Å². The number of rotatable bonds is 0. The van der Waals surface area contributed by atoms with E-state index in [4.69, 9.17) is 0 Å². The number of carbonyl (C=O) groups is 1. The summed E-state index contributed by atoms with van der Waals surface area (Å²) < 4.78 is 24.0. The Morgan fingerprint density at radius 1 is 1.06 bits per heavy atom. The second kappa shape index (κ2) is 6.54. The molecular weight excluding hydrogens is 250 g/mol. The lowest BCUT2D eigenvalue weighted by Crippen LogP contribution is -2.24. The second-order valence-corrected chi connectivity index (χ2v) is 5.21. The Bertz CT molecular complexity index is 521. The molecule has 2 rings (SSSR count). The number of benzene rings is 1. The highest BCUT2D eigenvalue weighted by Gasteiger charge is 2.38. The monoisotopic (exact) mass is 271 g/mol. The van der Waals surface area contributed by atoms with Crippen molar-refractivity contribution >= 4 is 15.9 Å². The van der Waals surface area contributed by atoms with Crippen LogP contribution in [0.15, 0.2) is 23.1 Å². The highest BCUT2D eigenvalue weighted by Crippen LogP contribution is 2.29. The highest BCUT2D eigenvalue weighted by atomic mass is 32.2. The van der Waals surface area contributed by atoms with Gasteiger partial charge in [-0.25, -0.2) is 12.7 Å². The van der Waals surface area contributed by atoms with E-state index in [2.05, 4.69) is 0 Å². The Hall–Kier alpha value is -1.36. The number of amides is 1. The average Bonchev–Trinajstić information content (AvgIpc) is 2.56. The summed E-state index contributed by atoms with van der Waals surface area (Å²) in [5.41, 5.74) is 1.15. The first-order chi connectivity index (χ1) is 8.44. The molecule has 0 fully saturated rings. The molecule has 1 amide bonds. The predicted octanol–water partition coefficient (Wildman–Crippen LogP) is 2.82. The Kier molecular flexibility index (Phi) is 6.05. The van der Waals surface area contributed by atoms with E-state index in [9.17, 15) is 13.2 Å². The highest BCUT2D eigenvalue weighted by molar-refractivity contribution is 7.90. The zero-order chi connectivity index (χ0) is 14.5. The van der Waals surface area contributed by atoms with Gasteiger partial charge < -0.3 is 0 Å². The first kappa shape index (κ1) is 16.6. The lowest BCUT2D eigenvalue weighted by atomic mass is 10.1. The number of carbonyl (C=O) groups excluding carboxylic acids is 1. The fourth-order valence-electron chi connectivity index (χ4n) is 1.46. The zero-order valence-electron chi connectivity index (χ0n) is 11.8. The van der Waals surface area contributed by atoms with Gasteiger partial charge in [0.2, 0.25) is 0 Å². The summed E-state index contributed by atoms with van der Waals surface area (Å²) in [7, 11) is -2.30. The van der Waals surface area contributed by atoms with Gasteiger partial charge in [0.15, 0.2) is 0 Å². The molecule has 1 aliphatic heterocycles. The molecule has 0 aromatic heterocycles. The number of aryl methyl sites for hydroxylation is 1. The molecule has 1 heterocycles. The largest absolute Gasteiger partial charge is 0.268 e. The normalized spacial score (nSPS) is 15.0. The second-order valence-electron chi connectivity index (χ2n) is 3.28.